The Labute approximate surface area is 105 Å². The predicted molar refractivity (Wildman–Crippen MR) is 65.5 cm³/mol. The molecule has 1 aliphatic heterocycles. The fourth-order valence-corrected chi connectivity index (χ4v) is 2.26. The molecule has 0 saturated carbocycles. The van der Waals surface area contributed by atoms with Gasteiger partial charge in [-0.25, -0.2) is 14.8 Å². The maximum absolute atomic E-state index is 11.2. The average molecular weight is 251 g/mol. The zero-order valence-electron chi connectivity index (χ0n) is 10.5. The molecule has 1 saturated heterocycles. The van der Waals surface area contributed by atoms with Crippen molar-refractivity contribution < 1.29 is 15.0 Å². The van der Waals surface area contributed by atoms with Crippen LogP contribution in [0.2, 0.25) is 0 Å². The highest BCUT2D eigenvalue weighted by Crippen LogP contribution is 2.27. The fourth-order valence-electron chi connectivity index (χ4n) is 2.26. The molecule has 2 N–H and O–H groups in total. The third-order valence-corrected chi connectivity index (χ3v) is 3.18. The van der Waals surface area contributed by atoms with E-state index < -0.39 is 18.1 Å². The molecule has 0 amide bonds. The number of carboxylic acids is 1. The van der Waals surface area contributed by atoms with Crippen LogP contribution < -0.4 is 4.90 Å². The molecule has 18 heavy (non-hydrogen) atoms. The van der Waals surface area contributed by atoms with Crippen molar-refractivity contribution in [2.24, 2.45) is 0 Å². The van der Waals surface area contributed by atoms with E-state index in [0.717, 1.165) is 12.0 Å². The van der Waals surface area contributed by atoms with Crippen LogP contribution in [0.1, 0.15) is 24.7 Å². The fraction of sp³-hybridized carbons (Fsp3) is 0.583. The van der Waals surface area contributed by atoms with Gasteiger partial charge in [0.15, 0.2) is 0 Å². The molecule has 0 aromatic carbocycles. The summed E-state index contributed by atoms with van der Waals surface area (Å²) in [4.78, 5) is 21.3. The number of hydrogen-bond donors (Lipinski definition) is 2. The van der Waals surface area contributed by atoms with Crippen molar-refractivity contribution in [1.82, 2.24) is 9.97 Å². The van der Waals surface area contributed by atoms with Gasteiger partial charge in [0.1, 0.15) is 17.7 Å². The summed E-state index contributed by atoms with van der Waals surface area (Å²) >= 11 is 0. The van der Waals surface area contributed by atoms with Gasteiger partial charge in [0.2, 0.25) is 0 Å². The number of aliphatic carboxylic acids is 1. The summed E-state index contributed by atoms with van der Waals surface area (Å²) in [5, 5.41) is 18.9. The molecule has 0 aliphatic carbocycles. The molecule has 0 unspecified atom stereocenters. The lowest BCUT2D eigenvalue weighted by Crippen LogP contribution is -2.37. The van der Waals surface area contributed by atoms with Crippen LogP contribution in [-0.4, -0.2) is 44.8 Å². The van der Waals surface area contributed by atoms with Crippen molar-refractivity contribution in [3.63, 3.8) is 0 Å². The number of β-amino-alcohol motifs (C(OH)–C–C–N with tert-alkyl or cyclic N) is 1. The minimum absolute atomic E-state index is 0.238. The molecule has 0 bridgehead atoms. The SMILES string of the molecule is CCc1cnc(C)nc1N1C[C@H](O)C[C@H]1C(=O)O. The van der Waals surface area contributed by atoms with Crippen LogP contribution in [0.25, 0.3) is 0 Å². The van der Waals surface area contributed by atoms with E-state index in [1.807, 2.05) is 6.92 Å². The second kappa shape index (κ2) is 4.89. The van der Waals surface area contributed by atoms with Crippen molar-refractivity contribution >= 4 is 11.8 Å². The van der Waals surface area contributed by atoms with Gasteiger partial charge in [-0.1, -0.05) is 6.92 Å². The lowest BCUT2D eigenvalue weighted by Gasteiger charge is -2.24. The number of aromatic nitrogens is 2. The largest absolute Gasteiger partial charge is 0.480 e. The first-order valence-corrected chi connectivity index (χ1v) is 6.03. The van der Waals surface area contributed by atoms with E-state index in [0.29, 0.717) is 18.2 Å². The smallest absolute Gasteiger partial charge is 0.326 e. The van der Waals surface area contributed by atoms with E-state index in [2.05, 4.69) is 9.97 Å². The van der Waals surface area contributed by atoms with Gasteiger partial charge in [-0.05, 0) is 13.3 Å². The Morgan fingerprint density at radius 1 is 1.61 bits per heavy atom. The van der Waals surface area contributed by atoms with Gasteiger partial charge in [-0.3, -0.25) is 0 Å². The summed E-state index contributed by atoms with van der Waals surface area (Å²) < 4.78 is 0. The Bertz CT molecular complexity index is 464. The van der Waals surface area contributed by atoms with Crippen LogP contribution in [0.15, 0.2) is 6.20 Å². The number of rotatable bonds is 3. The second-order valence-corrected chi connectivity index (χ2v) is 4.52. The second-order valence-electron chi connectivity index (χ2n) is 4.52. The summed E-state index contributed by atoms with van der Waals surface area (Å²) in [6.07, 6.45) is 2.07. The van der Waals surface area contributed by atoms with E-state index >= 15 is 0 Å². The number of aliphatic hydroxyl groups is 1. The van der Waals surface area contributed by atoms with Gasteiger partial charge in [-0.15, -0.1) is 0 Å². The number of nitrogens with zero attached hydrogens (tertiary/aromatic N) is 3. The molecule has 6 heteroatoms. The van der Waals surface area contributed by atoms with Crippen LogP contribution in [0, 0.1) is 6.92 Å². The quantitative estimate of drug-likeness (QED) is 0.807. The first-order valence-electron chi connectivity index (χ1n) is 6.03. The van der Waals surface area contributed by atoms with Crippen LogP contribution in [0.4, 0.5) is 5.82 Å². The van der Waals surface area contributed by atoms with Crippen LogP contribution in [-0.2, 0) is 11.2 Å². The molecule has 2 atom stereocenters. The van der Waals surface area contributed by atoms with E-state index in [1.54, 1.807) is 18.0 Å². The van der Waals surface area contributed by atoms with Gasteiger partial charge < -0.3 is 15.1 Å². The lowest BCUT2D eigenvalue weighted by molar-refractivity contribution is -0.138. The van der Waals surface area contributed by atoms with Gasteiger partial charge in [0, 0.05) is 24.7 Å². The average Bonchev–Trinajstić information content (AvgIpc) is 2.71. The summed E-state index contributed by atoms with van der Waals surface area (Å²) in [7, 11) is 0. The number of aliphatic hydroxyl groups excluding tert-OH is 1. The monoisotopic (exact) mass is 251 g/mol. The minimum Gasteiger partial charge on any atom is -0.480 e. The number of anilines is 1. The summed E-state index contributed by atoms with van der Waals surface area (Å²) in [5.74, 6) is 0.312. The third-order valence-electron chi connectivity index (χ3n) is 3.18. The van der Waals surface area contributed by atoms with Gasteiger partial charge in [0.25, 0.3) is 0 Å². The van der Waals surface area contributed by atoms with Gasteiger partial charge in [0.05, 0.1) is 6.10 Å². The van der Waals surface area contributed by atoms with Crippen LogP contribution >= 0.6 is 0 Å². The van der Waals surface area contributed by atoms with Crippen LogP contribution in [0.3, 0.4) is 0 Å². The third kappa shape index (κ3) is 2.28. The first-order chi connectivity index (χ1) is 8.52. The van der Waals surface area contributed by atoms with Crippen LogP contribution in [0.5, 0.6) is 0 Å². The van der Waals surface area contributed by atoms with E-state index in [4.69, 9.17) is 0 Å². The van der Waals surface area contributed by atoms with Gasteiger partial charge in [-0.2, -0.15) is 0 Å². The number of carbonyl (C=O) groups is 1. The van der Waals surface area contributed by atoms with E-state index in [-0.39, 0.29) is 6.42 Å². The van der Waals surface area contributed by atoms with Crippen molar-refractivity contribution in [3.8, 4) is 0 Å². The number of hydrogen-bond acceptors (Lipinski definition) is 5. The topological polar surface area (TPSA) is 86.5 Å². The zero-order chi connectivity index (χ0) is 13.3. The van der Waals surface area contributed by atoms with Crippen molar-refractivity contribution in [2.75, 3.05) is 11.4 Å². The molecule has 1 aromatic rings. The molecular weight excluding hydrogens is 234 g/mol. The van der Waals surface area contributed by atoms with Crippen molar-refractivity contribution in [3.05, 3.63) is 17.6 Å². The van der Waals surface area contributed by atoms with Gasteiger partial charge >= 0.3 is 5.97 Å². The molecule has 2 heterocycles. The molecule has 1 aliphatic rings. The maximum Gasteiger partial charge on any atom is 0.326 e. The Hall–Kier alpha value is -1.69. The molecule has 98 valence electrons. The summed E-state index contributed by atoms with van der Waals surface area (Å²) in [6, 6.07) is -0.709. The standard InChI is InChI=1S/C12H17N3O3/c1-3-8-5-13-7(2)14-11(8)15-6-9(16)4-10(15)12(17)18/h5,9-10,16H,3-4,6H2,1-2H3,(H,17,18)/t9-,10+/m1/s1. The zero-order valence-corrected chi connectivity index (χ0v) is 10.5. The van der Waals surface area contributed by atoms with E-state index in [9.17, 15) is 15.0 Å². The summed E-state index contributed by atoms with van der Waals surface area (Å²) in [6.45, 7) is 4.05. The Kier molecular flexibility index (Phi) is 3.47. The Morgan fingerprint density at radius 2 is 2.33 bits per heavy atom. The highest BCUT2D eigenvalue weighted by atomic mass is 16.4. The lowest BCUT2D eigenvalue weighted by atomic mass is 10.2. The highest BCUT2D eigenvalue weighted by Gasteiger charge is 2.37. The molecule has 6 nitrogen and oxygen atoms in total. The Balaban J connectivity index is 2.40. The predicted octanol–water partition coefficient (Wildman–Crippen LogP) is 0.372. The number of aryl methyl sites for hydroxylation is 2. The maximum atomic E-state index is 11.2. The molecular formula is C12H17N3O3. The summed E-state index contributed by atoms with van der Waals surface area (Å²) in [5.41, 5.74) is 0.904. The van der Waals surface area contributed by atoms with E-state index in [1.165, 1.54) is 0 Å². The molecule has 2 rings (SSSR count). The minimum atomic E-state index is -0.926. The molecule has 0 radical (unpaired) electrons. The van der Waals surface area contributed by atoms with Crippen molar-refractivity contribution in [2.45, 2.75) is 38.8 Å². The Morgan fingerprint density at radius 3 is 2.94 bits per heavy atom. The molecule has 1 aromatic heterocycles. The molecule has 0 spiro atoms. The van der Waals surface area contributed by atoms with Crippen molar-refractivity contribution in [1.29, 1.82) is 0 Å². The highest BCUT2D eigenvalue weighted by molar-refractivity contribution is 5.79. The normalized spacial score (nSPS) is 23.4. The number of carboxylic acid groups (broad SMARTS) is 1. The molecule has 1 fully saturated rings. The first kappa shape index (κ1) is 12.8.